The molecule has 4 rings (SSSR count). The zero-order chi connectivity index (χ0) is 22.8. The summed E-state index contributed by atoms with van der Waals surface area (Å²) < 4.78 is 33.2. The fourth-order valence-electron chi connectivity index (χ4n) is 3.92. The summed E-state index contributed by atoms with van der Waals surface area (Å²) in [5.74, 6) is -0.375. The fourth-order valence-corrected chi connectivity index (χ4v) is 5.62. The fraction of sp³-hybridized carbons (Fsp3) is 0.167. The molecule has 0 radical (unpaired) electrons. The number of carbonyl (C=O) groups excluding carboxylic acids is 2. The van der Waals surface area contributed by atoms with E-state index in [1.165, 1.54) is 24.3 Å². The van der Waals surface area contributed by atoms with Gasteiger partial charge in [-0.25, -0.2) is 13.2 Å². The van der Waals surface area contributed by atoms with Gasteiger partial charge in [0.1, 0.15) is 17.6 Å². The van der Waals surface area contributed by atoms with Gasteiger partial charge in [0.25, 0.3) is 0 Å². The van der Waals surface area contributed by atoms with E-state index in [-0.39, 0.29) is 17.2 Å². The third kappa shape index (κ3) is 3.73. The second-order valence-electron chi connectivity index (χ2n) is 7.41. The molecule has 3 aromatic carbocycles. The number of nitrogens with zero attached hydrogens (tertiary/aromatic N) is 1. The number of aliphatic hydroxyl groups excluding tert-OH is 1. The Kier molecular flexibility index (Phi) is 5.92. The molecule has 164 valence electrons. The molecular formula is C24H21NO6S. The number of aliphatic hydroxyl groups is 1. The highest BCUT2D eigenvalue weighted by Gasteiger charge is 2.48. The van der Waals surface area contributed by atoms with Crippen LogP contribution in [0, 0.1) is 0 Å². The Hall–Kier alpha value is -3.33. The topological polar surface area (TPSA) is 101 Å². The van der Waals surface area contributed by atoms with Crippen LogP contribution in [-0.4, -0.2) is 43.2 Å². The number of aldehydes is 1. The number of esters is 1. The van der Waals surface area contributed by atoms with Crippen molar-refractivity contribution in [3.05, 3.63) is 95.6 Å². The maximum atomic E-state index is 13.4. The molecule has 7 nitrogen and oxygen atoms in total. The lowest BCUT2D eigenvalue weighted by atomic mass is 9.84. The SMILES string of the molecule is O=CC1(CO)c2ccccc2CCN1S(=O)(=O)c1ccc(OC(=O)c2ccccc2)cc1. The van der Waals surface area contributed by atoms with Crippen molar-refractivity contribution in [3.63, 3.8) is 0 Å². The molecule has 0 spiro atoms. The summed E-state index contributed by atoms with van der Waals surface area (Å²) in [6.45, 7) is -0.636. The Morgan fingerprint density at radius 1 is 1.00 bits per heavy atom. The molecule has 1 N–H and O–H groups in total. The molecule has 8 heteroatoms. The van der Waals surface area contributed by atoms with E-state index in [0.717, 1.165) is 9.87 Å². The Morgan fingerprint density at radius 2 is 1.66 bits per heavy atom. The van der Waals surface area contributed by atoms with Crippen molar-refractivity contribution < 1.29 is 27.9 Å². The van der Waals surface area contributed by atoms with Crippen molar-refractivity contribution in [2.45, 2.75) is 16.9 Å². The van der Waals surface area contributed by atoms with Crippen LogP contribution in [0.25, 0.3) is 0 Å². The van der Waals surface area contributed by atoms with Gasteiger partial charge in [0, 0.05) is 6.54 Å². The zero-order valence-corrected chi connectivity index (χ0v) is 17.9. The van der Waals surface area contributed by atoms with Crippen LogP contribution in [0.4, 0.5) is 0 Å². The van der Waals surface area contributed by atoms with Gasteiger partial charge < -0.3 is 14.6 Å². The van der Waals surface area contributed by atoms with E-state index in [9.17, 15) is 23.1 Å². The molecule has 0 bridgehead atoms. The smallest absolute Gasteiger partial charge is 0.343 e. The third-order valence-corrected chi connectivity index (χ3v) is 7.54. The van der Waals surface area contributed by atoms with Crippen molar-refractivity contribution in [1.29, 1.82) is 0 Å². The van der Waals surface area contributed by atoms with Gasteiger partial charge >= 0.3 is 5.97 Å². The number of hydrogen-bond donors (Lipinski definition) is 1. The van der Waals surface area contributed by atoms with Crippen LogP contribution in [-0.2, 0) is 26.8 Å². The summed E-state index contributed by atoms with van der Waals surface area (Å²) in [5, 5.41) is 10.1. The zero-order valence-electron chi connectivity index (χ0n) is 17.0. The predicted molar refractivity (Wildman–Crippen MR) is 117 cm³/mol. The number of carbonyl (C=O) groups is 2. The molecule has 3 aromatic rings. The average Bonchev–Trinajstić information content (AvgIpc) is 2.84. The third-order valence-electron chi connectivity index (χ3n) is 5.58. The van der Waals surface area contributed by atoms with Gasteiger partial charge in [-0.2, -0.15) is 4.31 Å². The van der Waals surface area contributed by atoms with Crippen LogP contribution in [0.1, 0.15) is 21.5 Å². The molecule has 0 fully saturated rings. The number of sulfonamides is 1. The number of fused-ring (bicyclic) bond motifs is 1. The first-order chi connectivity index (χ1) is 15.4. The lowest BCUT2D eigenvalue weighted by molar-refractivity contribution is -0.119. The minimum Gasteiger partial charge on any atom is -0.423 e. The highest BCUT2D eigenvalue weighted by atomic mass is 32.2. The minimum atomic E-state index is -4.13. The molecule has 1 atom stereocenters. The van der Waals surface area contributed by atoms with Crippen LogP contribution in [0.3, 0.4) is 0 Å². The van der Waals surface area contributed by atoms with Crippen molar-refractivity contribution in [3.8, 4) is 5.75 Å². The molecule has 1 unspecified atom stereocenters. The van der Waals surface area contributed by atoms with E-state index in [4.69, 9.17) is 4.74 Å². The molecule has 0 saturated heterocycles. The van der Waals surface area contributed by atoms with E-state index in [2.05, 4.69) is 0 Å². The molecule has 0 aliphatic carbocycles. The van der Waals surface area contributed by atoms with Crippen LogP contribution in [0.15, 0.2) is 83.8 Å². The maximum absolute atomic E-state index is 13.4. The quantitative estimate of drug-likeness (QED) is 0.351. The molecule has 0 saturated carbocycles. The van der Waals surface area contributed by atoms with Crippen molar-refractivity contribution >= 4 is 22.3 Å². The Bertz CT molecular complexity index is 1240. The van der Waals surface area contributed by atoms with Gasteiger partial charge in [0.05, 0.1) is 17.1 Å². The van der Waals surface area contributed by atoms with Gasteiger partial charge in [0.15, 0.2) is 0 Å². The molecule has 1 aliphatic rings. The molecular weight excluding hydrogens is 430 g/mol. The number of ether oxygens (including phenoxy) is 1. The van der Waals surface area contributed by atoms with E-state index >= 15 is 0 Å². The van der Waals surface area contributed by atoms with Crippen LogP contribution < -0.4 is 4.74 Å². The van der Waals surface area contributed by atoms with Crippen LogP contribution >= 0.6 is 0 Å². The molecule has 1 aliphatic heterocycles. The van der Waals surface area contributed by atoms with E-state index < -0.39 is 28.1 Å². The van der Waals surface area contributed by atoms with Gasteiger partial charge in [-0.1, -0.05) is 42.5 Å². The average molecular weight is 452 g/mol. The molecule has 32 heavy (non-hydrogen) atoms. The maximum Gasteiger partial charge on any atom is 0.343 e. The van der Waals surface area contributed by atoms with E-state index in [1.54, 1.807) is 42.5 Å². The van der Waals surface area contributed by atoms with E-state index in [0.29, 0.717) is 23.8 Å². The summed E-state index contributed by atoms with van der Waals surface area (Å²) in [6, 6.07) is 20.8. The predicted octanol–water partition coefficient (Wildman–Crippen LogP) is 2.54. The highest BCUT2D eigenvalue weighted by molar-refractivity contribution is 7.89. The highest BCUT2D eigenvalue weighted by Crippen LogP contribution is 2.38. The van der Waals surface area contributed by atoms with Crippen LogP contribution in [0.2, 0.25) is 0 Å². The van der Waals surface area contributed by atoms with Gasteiger partial charge in [-0.3, -0.25) is 0 Å². The largest absolute Gasteiger partial charge is 0.423 e. The lowest BCUT2D eigenvalue weighted by Gasteiger charge is -2.42. The second kappa shape index (κ2) is 8.66. The summed E-state index contributed by atoms with van der Waals surface area (Å²) in [4.78, 5) is 24.3. The first kappa shape index (κ1) is 21.9. The summed E-state index contributed by atoms with van der Waals surface area (Å²) in [7, 11) is -4.13. The standard InChI is InChI=1S/C24H21NO6S/c26-16-24(17-27)22-9-5-4-6-18(22)14-15-25(24)32(29,30)21-12-10-20(11-13-21)31-23(28)19-7-2-1-3-8-19/h1-13,16,27H,14-15,17H2. The summed E-state index contributed by atoms with van der Waals surface area (Å²) in [5.41, 5.74) is -0.0366. The Labute approximate surface area is 185 Å². The number of hydrogen-bond acceptors (Lipinski definition) is 6. The van der Waals surface area contributed by atoms with Gasteiger partial charge in [0.2, 0.25) is 10.0 Å². The molecule has 0 amide bonds. The Balaban J connectivity index is 1.63. The van der Waals surface area contributed by atoms with Gasteiger partial charge in [-0.15, -0.1) is 0 Å². The normalized spacial score (nSPS) is 18.5. The molecule has 1 heterocycles. The van der Waals surface area contributed by atoms with Crippen molar-refractivity contribution in [1.82, 2.24) is 4.31 Å². The van der Waals surface area contributed by atoms with Crippen molar-refractivity contribution in [2.24, 2.45) is 0 Å². The second-order valence-corrected chi connectivity index (χ2v) is 9.27. The van der Waals surface area contributed by atoms with E-state index in [1.807, 2.05) is 12.1 Å². The first-order valence-electron chi connectivity index (χ1n) is 9.98. The van der Waals surface area contributed by atoms with Crippen LogP contribution in [0.5, 0.6) is 5.75 Å². The van der Waals surface area contributed by atoms with Gasteiger partial charge in [-0.05, 0) is 53.9 Å². The number of rotatable bonds is 6. The first-order valence-corrected chi connectivity index (χ1v) is 11.4. The monoisotopic (exact) mass is 451 g/mol. The molecule has 0 aromatic heterocycles. The number of benzene rings is 3. The lowest BCUT2D eigenvalue weighted by Crippen LogP contribution is -2.56. The summed E-state index contributed by atoms with van der Waals surface area (Å²) in [6.07, 6.45) is 0.899. The Morgan fingerprint density at radius 3 is 2.31 bits per heavy atom. The van der Waals surface area contributed by atoms with Crippen molar-refractivity contribution in [2.75, 3.05) is 13.2 Å². The minimum absolute atomic E-state index is 0.0450. The summed E-state index contributed by atoms with van der Waals surface area (Å²) >= 11 is 0.